The van der Waals surface area contributed by atoms with E-state index in [9.17, 15) is 9.59 Å². The highest BCUT2D eigenvalue weighted by Crippen LogP contribution is 2.27. The number of nitrogens with one attached hydrogen (secondary N) is 2. The first kappa shape index (κ1) is 19.9. The highest BCUT2D eigenvalue weighted by Gasteiger charge is 2.32. The number of amides is 2. The molecule has 1 saturated carbocycles. The fourth-order valence-electron chi connectivity index (χ4n) is 3.14. The number of carbonyl (C=O) groups excluding carboxylic acids is 2. The van der Waals surface area contributed by atoms with Crippen LogP contribution < -0.4 is 15.4 Å². The fraction of sp³-hybridized carbons (Fsp3) is 0.579. The standard InChI is InChI=1S/C19H28N4O3/c1-4-16(24)23-19(9-7-5-6-8-10-19)13-22-18(25)15-11-21-17(12-20-15)26-14(2)3/h4,11-12,14H,1,5-10,13H2,2-3H3,(H,22,25)(H,23,24). The molecule has 0 saturated heterocycles. The van der Waals surface area contributed by atoms with E-state index < -0.39 is 5.54 Å². The Morgan fingerprint density at radius 3 is 2.46 bits per heavy atom. The lowest BCUT2D eigenvalue weighted by atomic mass is 9.89. The van der Waals surface area contributed by atoms with E-state index in [1.54, 1.807) is 0 Å². The maximum absolute atomic E-state index is 12.4. The average Bonchev–Trinajstić information content (AvgIpc) is 2.85. The van der Waals surface area contributed by atoms with Gasteiger partial charge in [-0.3, -0.25) is 9.59 Å². The van der Waals surface area contributed by atoms with E-state index in [4.69, 9.17) is 4.74 Å². The van der Waals surface area contributed by atoms with Gasteiger partial charge in [0.1, 0.15) is 5.69 Å². The predicted octanol–water partition coefficient (Wildman–Crippen LogP) is 2.39. The molecule has 0 unspecified atom stereocenters. The Morgan fingerprint density at radius 1 is 1.23 bits per heavy atom. The number of nitrogens with zero attached hydrogens (tertiary/aromatic N) is 2. The van der Waals surface area contributed by atoms with Crippen LogP contribution in [0.25, 0.3) is 0 Å². The van der Waals surface area contributed by atoms with E-state index >= 15 is 0 Å². The zero-order valence-electron chi connectivity index (χ0n) is 15.6. The van der Waals surface area contributed by atoms with Crippen molar-refractivity contribution in [3.8, 4) is 5.88 Å². The number of carbonyl (C=O) groups is 2. The van der Waals surface area contributed by atoms with Crippen LogP contribution in [-0.4, -0.2) is 40.0 Å². The summed E-state index contributed by atoms with van der Waals surface area (Å²) in [6.07, 6.45) is 10.1. The first-order chi connectivity index (χ1) is 12.4. The summed E-state index contributed by atoms with van der Waals surface area (Å²) in [7, 11) is 0. The highest BCUT2D eigenvalue weighted by molar-refractivity contribution is 5.92. The van der Waals surface area contributed by atoms with Crippen LogP contribution in [0, 0.1) is 0 Å². The third-order valence-corrected chi connectivity index (χ3v) is 4.44. The van der Waals surface area contributed by atoms with Gasteiger partial charge in [-0.2, -0.15) is 0 Å². The lowest BCUT2D eigenvalue weighted by molar-refractivity contribution is -0.118. The van der Waals surface area contributed by atoms with Crippen molar-refractivity contribution in [1.82, 2.24) is 20.6 Å². The van der Waals surface area contributed by atoms with E-state index in [0.717, 1.165) is 38.5 Å². The molecular weight excluding hydrogens is 332 g/mol. The Balaban J connectivity index is 2.01. The molecule has 7 nitrogen and oxygen atoms in total. The molecule has 0 aliphatic heterocycles. The van der Waals surface area contributed by atoms with Gasteiger partial charge in [-0.15, -0.1) is 0 Å². The van der Waals surface area contributed by atoms with Crippen LogP contribution in [0.15, 0.2) is 25.0 Å². The number of rotatable bonds is 7. The minimum atomic E-state index is -0.439. The average molecular weight is 360 g/mol. The zero-order valence-corrected chi connectivity index (χ0v) is 15.6. The van der Waals surface area contributed by atoms with Crippen LogP contribution in [0.2, 0.25) is 0 Å². The zero-order chi connectivity index (χ0) is 19.0. The second kappa shape index (κ2) is 9.31. The summed E-state index contributed by atoms with van der Waals surface area (Å²) < 4.78 is 5.43. The van der Waals surface area contributed by atoms with E-state index in [1.165, 1.54) is 18.5 Å². The van der Waals surface area contributed by atoms with Crippen LogP contribution in [0.3, 0.4) is 0 Å². The van der Waals surface area contributed by atoms with Gasteiger partial charge in [0.25, 0.3) is 5.91 Å². The van der Waals surface area contributed by atoms with Crippen molar-refractivity contribution < 1.29 is 14.3 Å². The third kappa shape index (κ3) is 5.82. The lowest BCUT2D eigenvalue weighted by Crippen LogP contribution is -2.55. The molecule has 0 spiro atoms. The van der Waals surface area contributed by atoms with Gasteiger partial charge >= 0.3 is 0 Å². The summed E-state index contributed by atoms with van der Waals surface area (Å²) in [6.45, 7) is 7.67. The van der Waals surface area contributed by atoms with Gasteiger partial charge in [-0.1, -0.05) is 32.3 Å². The number of hydrogen-bond donors (Lipinski definition) is 2. The van der Waals surface area contributed by atoms with E-state index in [-0.39, 0.29) is 23.6 Å². The SMILES string of the molecule is C=CC(=O)NC1(CNC(=O)c2cnc(OC(C)C)cn2)CCCCCC1. The molecule has 1 aromatic rings. The largest absolute Gasteiger partial charge is 0.474 e. The molecule has 2 N–H and O–H groups in total. The normalized spacial score (nSPS) is 16.4. The summed E-state index contributed by atoms with van der Waals surface area (Å²) in [5, 5.41) is 5.93. The molecule has 0 aromatic carbocycles. The second-order valence-electron chi connectivity index (χ2n) is 6.98. The molecule has 0 radical (unpaired) electrons. The van der Waals surface area contributed by atoms with Crippen LogP contribution in [0.1, 0.15) is 62.9 Å². The summed E-state index contributed by atoms with van der Waals surface area (Å²) in [4.78, 5) is 32.5. The molecule has 142 valence electrons. The number of hydrogen-bond acceptors (Lipinski definition) is 5. The van der Waals surface area contributed by atoms with Gasteiger partial charge in [0.15, 0.2) is 0 Å². The lowest BCUT2D eigenvalue weighted by Gasteiger charge is -2.33. The van der Waals surface area contributed by atoms with Gasteiger partial charge in [0.05, 0.1) is 24.0 Å². The van der Waals surface area contributed by atoms with Crippen molar-refractivity contribution in [1.29, 1.82) is 0 Å². The van der Waals surface area contributed by atoms with Crippen LogP contribution in [0.4, 0.5) is 0 Å². The number of ether oxygens (including phenoxy) is 1. The van der Waals surface area contributed by atoms with E-state index in [0.29, 0.717) is 12.4 Å². The monoisotopic (exact) mass is 360 g/mol. The van der Waals surface area contributed by atoms with Crippen LogP contribution in [-0.2, 0) is 4.79 Å². The molecule has 1 aromatic heterocycles. The maximum atomic E-state index is 12.4. The molecule has 1 aliphatic carbocycles. The molecule has 7 heteroatoms. The molecule has 1 aliphatic rings. The van der Waals surface area contributed by atoms with E-state index in [1.807, 2.05) is 13.8 Å². The van der Waals surface area contributed by atoms with Crippen molar-refractivity contribution in [2.75, 3.05) is 6.54 Å². The molecule has 2 rings (SSSR count). The quantitative estimate of drug-likeness (QED) is 0.575. The Bertz CT molecular complexity index is 620. The van der Waals surface area contributed by atoms with Gasteiger partial charge in [-0.25, -0.2) is 9.97 Å². The Labute approximate surface area is 154 Å². The van der Waals surface area contributed by atoms with Crippen molar-refractivity contribution in [2.24, 2.45) is 0 Å². The third-order valence-electron chi connectivity index (χ3n) is 4.44. The van der Waals surface area contributed by atoms with Crippen LogP contribution >= 0.6 is 0 Å². The van der Waals surface area contributed by atoms with Gasteiger partial charge in [0.2, 0.25) is 11.8 Å². The summed E-state index contributed by atoms with van der Waals surface area (Å²) in [6, 6.07) is 0. The van der Waals surface area contributed by atoms with Crippen LogP contribution in [0.5, 0.6) is 5.88 Å². The molecule has 0 atom stereocenters. The fourth-order valence-corrected chi connectivity index (χ4v) is 3.14. The molecule has 1 heterocycles. The predicted molar refractivity (Wildman–Crippen MR) is 98.9 cm³/mol. The topological polar surface area (TPSA) is 93.2 Å². The first-order valence-electron chi connectivity index (χ1n) is 9.15. The van der Waals surface area contributed by atoms with Gasteiger partial charge in [0, 0.05) is 6.54 Å². The Morgan fingerprint density at radius 2 is 1.92 bits per heavy atom. The molecule has 26 heavy (non-hydrogen) atoms. The summed E-state index contributed by atoms with van der Waals surface area (Å²) in [5.41, 5.74) is -0.217. The van der Waals surface area contributed by atoms with Crippen molar-refractivity contribution >= 4 is 11.8 Å². The summed E-state index contributed by atoms with van der Waals surface area (Å²) in [5.74, 6) is -0.142. The number of aromatic nitrogens is 2. The minimum absolute atomic E-state index is 0.00690. The first-order valence-corrected chi connectivity index (χ1v) is 9.15. The van der Waals surface area contributed by atoms with Gasteiger partial charge < -0.3 is 15.4 Å². The van der Waals surface area contributed by atoms with Gasteiger partial charge in [-0.05, 0) is 32.8 Å². The summed E-state index contributed by atoms with van der Waals surface area (Å²) >= 11 is 0. The molecule has 0 bridgehead atoms. The van der Waals surface area contributed by atoms with Crippen molar-refractivity contribution in [2.45, 2.75) is 64.0 Å². The van der Waals surface area contributed by atoms with Crippen molar-refractivity contribution in [3.05, 3.63) is 30.7 Å². The molecule has 2 amide bonds. The highest BCUT2D eigenvalue weighted by atomic mass is 16.5. The smallest absolute Gasteiger partial charge is 0.271 e. The Kier molecular flexibility index (Phi) is 7.12. The molecule has 1 fully saturated rings. The van der Waals surface area contributed by atoms with Crippen molar-refractivity contribution in [3.63, 3.8) is 0 Å². The maximum Gasteiger partial charge on any atom is 0.271 e. The minimum Gasteiger partial charge on any atom is -0.474 e. The molecular formula is C19H28N4O3. The Hall–Kier alpha value is -2.44. The second-order valence-corrected chi connectivity index (χ2v) is 6.98. The van der Waals surface area contributed by atoms with E-state index in [2.05, 4.69) is 27.2 Å².